The van der Waals surface area contributed by atoms with E-state index in [2.05, 4.69) is 34.6 Å². The van der Waals surface area contributed by atoms with Crippen LogP contribution < -0.4 is 0 Å². The van der Waals surface area contributed by atoms with E-state index in [0.717, 1.165) is 18.4 Å². The van der Waals surface area contributed by atoms with E-state index in [1.165, 1.54) is 16.7 Å². The van der Waals surface area contributed by atoms with Gasteiger partial charge in [0.1, 0.15) is 0 Å². The van der Waals surface area contributed by atoms with Crippen LogP contribution in [0.5, 0.6) is 0 Å². The molecule has 1 heteroatoms. The summed E-state index contributed by atoms with van der Waals surface area (Å²) in [5.74, 6) is 0.596. The number of rotatable bonds is 0. The molecule has 0 radical (unpaired) electrons. The van der Waals surface area contributed by atoms with E-state index in [9.17, 15) is 4.79 Å². The Balaban J connectivity index is 2.60. The third kappa shape index (κ3) is 1.25. The van der Waals surface area contributed by atoms with Crippen LogP contribution in [0, 0.1) is 11.3 Å². The van der Waals surface area contributed by atoms with Gasteiger partial charge in [-0.1, -0.05) is 31.9 Å². The van der Waals surface area contributed by atoms with Crippen molar-refractivity contribution in [3.8, 4) is 0 Å². The molecule has 0 aromatic rings. The van der Waals surface area contributed by atoms with Gasteiger partial charge >= 0.3 is 0 Å². The monoisotopic (exact) mass is 204 g/mol. The first-order valence-corrected chi connectivity index (χ1v) is 5.83. The molecule has 2 aliphatic carbocycles. The van der Waals surface area contributed by atoms with Gasteiger partial charge in [0.25, 0.3) is 0 Å². The van der Waals surface area contributed by atoms with E-state index < -0.39 is 0 Å². The lowest BCUT2D eigenvalue weighted by Gasteiger charge is -2.22. The number of Topliss-reactive ketones (excluding diaryl/α,β-unsaturated/α-hetero) is 1. The number of ketones is 1. The molecule has 0 spiro atoms. The van der Waals surface area contributed by atoms with E-state index in [1.54, 1.807) is 0 Å². The van der Waals surface area contributed by atoms with Crippen molar-refractivity contribution in [3.63, 3.8) is 0 Å². The lowest BCUT2D eigenvalue weighted by Crippen LogP contribution is -2.20. The Kier molecular flexibility index (Phi) is 2.18. The van der Waals surface area contributed by atoms with Gasteiger partial charge in [0.15, 0.2) is 5.78 Å². The maximum atomic E-state index is 12.2. The molecule has 2 rings (SSSR count). The summed E-state index contributed by atoms with van der Waals surface area (Å²) in [6, 6.07) is 0. The van der Waals surface area contributed by atoms with Gasteiger partial charge in [0.05, 0.1) is 0 Å². The molecular formula is C14H20O. The molecule has 82 valence electrons. The molecule has 0 N–H and O–H groups in total. The Morgan fingerprint density at radius 3 is 2.40 bits per heavy atom. The fraction of sp³-hybridized carbons (Fsp3) is 0.643. The lowest BCUT2D eigenvalue weighted by molar-refractivity contribution is -0.119. The Bertz CT molecular complexity index is 394. The van der Waals surface area contributed by atoms with Crippen molar-refractivity contribution in [3.05, 3.63) is 22.3 Å². The minimum Gasteiger partial charge on any atom is -0.294 e. The molecular weight excluding hydrogens is 184 g/mol. The van der Waals surface area contributed by atoms with Crippen molar-refractivity contribution in [1.29, 1.82) is 0 Å². The first kappa shape index (κ1) is 10.7. The zero-order valence-electron chi connectivity index (χ0n) is 10.4. The van der Waals surface area contributed by atoms with Gasteiger partial charge in [-0.25, -0.2) is 0 Å². The SMILES string of the molecule is CC1=C2CCC(C)C(=O)C2=C(C)C1(C)C. The van der Waals surface area contributed by atoms with Crippen LogP contribution in [-0.4, -0.2) is 5.78 Å². The largest absolute Gasteiger partial charge is 0.294 e. The first-order chi connectivity index (χ1) is 6.87. The molecule has 1 unspecified atom stereocenters. The summed E-state index contributed by atoms with van der Waals surface area (Å²) < 4.78 is 0. The number of carbonyl (C=O) groups excluding carboxylic acids is 1. The van der Waals surface area contributed by atoms with Crippen molar-refractivity contribution < 1.29 is 4.79 Å². The second-order valence-corrected chi connectivity index (χ2v) is 5.53. The second kappa shape index (κ2) is 3.07. The summed E-state index contributed by atoms with van der Waals surface area (Å²) in [4.78, 5) is 12.2. The van der Waals surface area contributed by atoms with E-state index in [-0.39, 0.29) is 11.3 Å². The van der Waals surface area contributed by atoms with Crippen LogP contribution in [0.25, 0.3) is 0 Å². The molecule has 1 atom stereocenters. The molecule has 0 saturated heterocycles. The average molecular weight is 204 g/mol. The van der Waals surface area contributed by atoms with E-state index in [1.807, 2.05) is 0 Å². The molecule has 0 heterocycles. The molecule has 0 bridgehead atoms. The maximum absolute atomic E-state index is 12.2. The van der Waals surface area contributed by atoms with Gasteiger partial charge in [-0.3, -0.25) is 4.79 Å². The van der Waals surface area contributed by atoms with Crippen LogP contribution in [0.15, 0.2) is 22.3 Å². The normalized spacial score (nSPS) is 29.9. The van der Waals surface area contributed by atoms with Gasteiger partial charge in [-0.15, -0.1) is 0 Å². The molecule has 2 aliphatic rings. The summed E-state index contributed by atoms with van der Waals surface area (Å²) in [6.07, 6.45) is 2.12. The van der Waals surface area contributed by atoms with Crippen molar-refractivity contribution in [2.24, 2.45) is 11.3 Å². The molecule has 1 fully saturated rings. The number of fused-ring (bicyclic) bond motifs is 1. The van der Waals surface area contributed by atoms with Crippen LogP contribution in [0.2, 0.25) is 0 Å². The summed E-state index contributed by atoms with van der Waals surface area (Å²) >= 11 is 0. The molecule has 15 heavy (non-hydrogen) atoms. The Labute approximate surface area is 92.3 Å². The topological polar surface area (TPSA) is 17.1 Å². The Hall–Kier alpha value is -0.850. The zero-order valence-corrected chi connectivity index (χ0v) is 10.4. The predicted molar refractivity (Wildman–Crippen MR) is 62.6 cm³/mol. The molecule has 0 aromatic carbocycles. The highest BCUT2D eigenvalue weighted by atomic mass is 16.1. The summed E-state index contributed by atoms with van der Waals surface area (Å²) in [5, 5.41) is 0. The Morgan fingerprint density at radius 1 is 1.20 bits per heavy atom. The molecule has 0 amide bonds. The lowest BCUT2D eigenvalue weighted by atomic mass is 9.81. The van der Waals surface area contributed by atoms with Crippen molar-refractivity contribution in [2.75, 3.05) is 0 Å². The maximum Gasteiger partial charge on any atom is 0.165 e. The minimum atomic E-state index is 0.102. The predicted octanol–water partition coefficient (Wildman–Crippen LogP) is 3.66. The van der Waals surface area contributed by atoms with Gasteiger partial charge in [-0.2, -0.15) is 0 Å². The van der Waals surface area contributed by atoms with Crippen LogP contribution in [0.1, 0.15) is 47.5 Å². The fourth-order valence-corrected chi connectivity index (χ4v) is 2.77. The highest BCUT2D eigenvalue weighted by molar-refractivity contribution is 6.04. The van der Waals surface area contributed by atoms with Crippen LogP contribution >= 0.6 is 0 Å². The summed E-state index contributed by atoms with van der Waals surface area (Å²) in [5.41, 5.74) is 5.21. The summed E-state index contributed by atoms with van der Waals surface area (Å²) in [6.45, 7) is 10.8. The minimum absolute atomic E-state index is 0.102. The van der Waals surface area contributed by atoms with E-state index in [0.29, 0.717) is 5.78 Å². The first-order valence-electron chi connectivity index (χ1n) is 5.83. The number of hydrogen-bond donors (Lipinski definition) is 0. The van der Waals surface area contributed by atoms with E-state index in [4.69, 9.17) is 0 Å². The van der Waals surface area contributed by atoms with Gasteiger partial charge in [0, 0.05) is 16.9 Å². The molecule has 0 aliphatic heterocycles. The zero-order chi connectivity index (χ0) is 11.4. The van der Waals surface area contributed by atoms with E-state index >= 15 is 0 Å². The Morgan fingerprint density at radius 2 is 1.80 bits per heavy atom. The smallest absolute Gasteiger partial charge is 0.165 e. The molecule has 0 aromatic heterocycles. The van der Waals surface area contributed by atoms with Crippen LogP contribution in [0.3, 0.4) is 0 Å². The van der Waals surface area contributed by atoms with Gasteiger partial charge in [-0.05, 0) is 32.3 Å². The third-order valence-corrected chi connectivity index (χ3v) is 4.53. The molecule has 1 nitrogen and oxygen atoms in total. The highest BCUT2D eigenvalue weighted by Gasteiger charge is 2.40. The number of carbonyl (C=O) groups is 1. The second-order valence-electron chi connectivity index (χ2n) is 5.53. The third-order valence-electron chi connectivity index (χ3n) is 4.53. The van der Waals surface area contributed by atoms with Crippen LogP contribution in [0.4, 0.5) is 0 Å². The molecule has 1 saturated carbocycles. The average Bonchev–Trinajstić information content (AvgIpc) is 2.35. The number of allylic oxidation sites excluding steroid dienone is 4. The standard InChI is InChI=1S/C14H20O/c1-8-6-7-11-9(2)14(4,5)10(3)12(11)13(8)15/h8H,6-7H2,1-5H3. The highest BCUT2D eigenvalue weighted by Crippen LogP contribution is 2.50. The van der Waals surface area contributed by atoms with Crippen molar-refractivity contribution in [1.82, 2.24) is 0 Å². The van der Waals surface area contributed by atoms with Gasteiger partial charge in [0.2, 0.25) is 0 Å². The van der Waals surface area contributed by atoms with Crippen LogP contribution in [-0.2, 0) is 4.79 Å². The van der Waals surface area contributed by atoms with Gasteiger partial charge < -0.3 is 0 Å². The quantitative estimate of drug-likeness (QED) is 0.588. The van der Waals surface area contributed by atoms with Crippen molar-refractivity contribution >= 4 is 5.78 Å². The summed E-state index contributed by atoms with van der Waals surface area (Å²) in [7, 11) is 0. The fourth-order valence-electron chi connectivity index (χ4n) is 2.77. The number of hydrogen-bond acceptors (Lipinski definition) is 1. The van der Waals surface area contributed by atoms with Crippen molar-refractivity contribution in [2.45, 2.75) is 47.5 Å².